The molecule has 2 rings (SSSR count). The predicted molar refractivity (Wildman–Crippen MR) is 76.5 cm³/mol. The molecule has 0 radical (unpaired) electrons. The summed E-state index contributed by atoms with van der Waals surface area (Å²) in [6, 6.07) is 4.56. The highest BCUT2D eigenvalue weighted by Crippen LogP contribution is 2.22. The van der Waals surface area contributed by atoms with Crippen LogP contribution in [0, 0.1) is 11.7 Å². The van der Waals surface area contributed by atoms with E-state index < -0.39 is 5.82 Å². The van der Waals surface area contributed by atoms with Crippen molar-refractivity contribution in [2.24, 2.45) is 5.92 Å². The lowest BCUT2D eigenvalue weighted by molar-refractivity contribution is 0.0497. The van der Waals surface area contributed by atoms with E-state index in [0.29, 0.717) is 18.0 Å². The first-order valence-electron chi connectivity index (χ1n) is 6.93. The lowest BCUT2D eigenvalue weighted by Crippen LogP contribution is -2.34. The van der Waals surface area contributed by atoms with E-state index in [1.165, 1.54) is 6.07 Å². The largest absolute Gasteiger partial charge is 0.385 e. The van der Waals surface area contributed by atoms with Crippen LogP contribution in [0.15, 0.2) is 18.2 Å². The second-order valence-electron chi connectivity index (χ2n) is 5.15. The SMILES string of the molecule is CNc1c(F)cccc1C(=O)N(C)CC1CCOCC1. The van der Waals surface area contributed by atoms with Gasteiger partial charge in [-0.25, -0.2) is 4.39 Å². The molecular formula is C15H21FN2O2. The normalized spacial score (nSPS) is 15.9. The summed E-state index contributed by atoms with van der Waals surface area (Å²) in [7, 11) is 3.38. The number of anilines is 1. The second-order valence-corrected chi connectivity index (χ2v) is 5.15. The Morgan fingerprint density at radius 2 is 2.15 bits per heavy atom. The summed E-state index contributed by atoms with van der Waals surface area (Å²) in [6.45, 7) is 2.20. The zero-order chi connectivity index (χ0) is 14.5. The van der Waals surface area contributed by atoms with Crippen molar-refractivity contribution in [3.63, 3.8) is 0 Å². The van der Waals surface area contributed by atoms with E-state index in [0.717, 1.165) is 26.1 Å². The molecule has 1 aliphatic rings. The van der Waals surface area contributed by atoms with Crippen LogP contribution in [0.25, 0.3) is 0 Å². The summed E-state index contributed by atoms with van der Waals surface area (Å²) >= 11 is 0. The van der Waals surface area contributed by atoms with Crippen molar-refractivity contribution in [2.45, 2.75) is 12.8 Å². The molecule has 0 bridgehead atoms. The molecule has 1 amide bonds. The number of nitrogens with zero attached hydrogens (tertiary/aromatic N) is 1. The Labute approximate surface area is 118 Å². The number of amides is 1. The van der Waals surface area contributed by atoms with Gasteiger partial charge in [0.15, 0.2) is 0 Å². The van der Waals surface area contributed by atoms with Crippen LogP contribution >= 0.6 is 0 Å². The number of benzene rings is 1. The van der Waals surface area contributed by atoms with Crippen LogP contribution in [0.3, 0.4) is 0 Å². The molecule has 0 unspecified atom stereocenters. The molecule has 1 N–H and O–H groups in total. The van der Waals surface area contributed by atoms with Crippen LogP contribution in [0.2, 0.25) is 0 Å². The van der Waals surface area contributed by atoms with Gasteiger partial charge in [-0.3, -0.25) is 4.79 Å². The molecule has 5 heteroatoms. The highest BCUT2D eigenvalue weighted by molar-refractivity contribution is 5.99. The van der Waals surface area contributed by atoms with Crippen LogP contribution in [-0.4, -0.2) is 44.7 Å². The zero-order valence-electron chi connectivity index (χ0n) is 12.0. The Bertz CT molecular complexity index is 473. The molecule has 110 valence electrons. The maximum absolute atomic E-state index is 13.7. The fourth-order valence-corrected chi connectivity index (χ4v) is 2.56. The van der Waals surface area contributed by atoms with Gasteiger partial charge in [0.05, 0.1) is 11.3 Å². The van der Waals surface area contributed by atoms with Crippen LogP contribution in [0.1, 0.15) is 23.2 Å². The number of para-hydroxylation sites is 1. The van der Waals surface area contributed by atoms with Gasteiger partial charge in [0, 0.05) is 33.9 Å². The van der Waals surface area contributed by atoms with Gasteiger partial charge in [-0.05, 0) is 30.9 Å². The molecule has 1 aromatic rings. The number of carbonyl (C=O) groups is 1. The summed E-state index contributed by atoms with van der Waals surface area (Å²) in [5.74, 6) is -0.0950. The minimum Gasteiger partial charge on any atom is -0.385 e. The quantitative estimate of drug-likeness (QED) is 0.920. The molecule has 4 nitrogen and oxygen atoms in total. The van der Waals surface area contributed by atoms with Gasteiger partial charge < -0.3 is 15.0 Å². The molecule has 1 aliphatic heterocycles. The maximum atomic E-state index is 13.7. The molecule has 0 atom stereocenters. The first-order chi connectivity index (χ1) is 9.63. The van der Waals surface area contributed by atoms with Gasteiger partial charge in [-0.1, -0.05) is 6.07 Å². The van der Waals surface area contributed by atoms with Crippen LogP contribution < -0.4 is 5.32 Å². The van der Waals surface area contributed by atoms with Crippen molar-refractivity contribution in [2.75, 3.05) is 39.2 Å². The summed E-state index contributed by atoms with van der Waals surface area (Å²) in [5, 5.41) is 2.76. The van der Waals surface area contributed by atoms with Crippen LogP contribution in [-0.2, 0) is 4.74 Å². The lowest BCUT2D eigenvalue weighted by Gasteiger charge is -2.27. The molecule has 0 aromatic heterocycles. The summed E-state index contributed by atoms with van der Waals surface area (Å²) in [6.07, 6.45) is 1.94. The third-order valence-corrected chi connectivity index (χ3v) is 3.71. The first-order valence-corrected chi connectivity index (χ1v) is 6.93. The van der Waals surface area contributed by atoms with Crippen molar-refractivity contribution in [3.05, 3.63) is 29.6 Å². The van der Waals surface area contributed by atoms with Gasteiger partial charge in [0.1, 0.15) is 5.82 Å². The van der Waals surface area contributed by atoms with Gasteiger partial charge >= 0.3 is 0 Å². The van der Waals surface area contributed by atoms with E-state index in [9.17, 15) is 9.18 Å². The monoisotopic (exact) mass is 280 g/mol. The lowest BCUT2D eigenvalue weighted by atomic mass is 9.99. The van der Waals surface area contributed by atoms with E-state index in [-0.39, 0.29) is 11.6 Å². The summed E-state index contributed by atoms with van der Waals surface area (Å²) in [5.41, 5.74) is 0.637. The predicted octanol–water partition coefficient (Wildman–Crippen LogP) is 2.37. The molecule has 0 aliphatic carbocycles. The minimum atomic E-state index is -0.405. The summed E-state index contributed by atoms with van der Waals surface area (Å²) < 4.78 is 19.0. The average Bonchev–Trinajstić information content (AvgIpc) is 2.47. The fourth-order valence-electron chi connectivity index (χ4n) is 2.56. The molecule has 1 heterocycles. The van der Waals surface area contributed by atoms with E-state index in [1.807, 2.05) is 0 Å². The standard InChI is InChI=1S/C15H21FN2O2/c1-17-14-12(4-3-5-13(14)16)15(19)18(2)10-11-6-8-20-9-7-11/h3-5,11,17H,6-10H2,1-2H3. The summed E-state index contributed by atoms with van der Waals surface area (Å²) in [4.78, 5) is 14.1. The van der Waals surface area contributed by atoms with Crippen molar-refractivity contribution in [1.29, 1.82) is 0 Å². The van der Waals surface area contributed by atoms with Crippen LogP contribution in [0.4, 0.5) is 10.1 Å². The molecule has 20 heavy (non-hydrogen) atoms. The Morgan fingerprint density at radius 1 is 1.45 bits per heavy atom. The molecule has 0 saturated carbocycles. The Hall–Kier alpha value is -1.62. The van der Waals surface area contributed by atoms with Crippen LogP contribution in [0.5, 0.6) is 0 Å². The number of nitrogens with one attached hydrogen (secondary N) is 1. The Morgan fingerprint density at radius 3 is 2.80 bits per heavy atom. The number of ether oxygens (including phenoxy) is 1. The number of hydrogen-bond donors (Lipinski definition) is 1. The third-order valence-electron chi connectivity index (χ3n) is 3.71. The van der Waals surface area contributed by atoms with Gasteiger partial charge in [0.2, 0.25) is 0 Å². The number of carbonyl (C=O) groups excluding carboxylic acids is 1. The maximum Gasteiger partial charge on any atom is 0.255 e. The fraction of sp³-hybridized carbons (Fsp3) is 0.533. The van der Waals surface area contributed by atoms with Crippen molar-refractivity contribution < 1.29 is 13.9 Å². The van der Waals surface area contributed by atoms with Gasteiger partial charge in [0.25, 0.3) is 5.91 Å². The Kier molecular flexibility index (Phi) is 4.95. The van der Waals surface area contributed by atoms with E-state index in [4.69, 9.17) is 4.74 Å². The second kappa shape index (κ2) is 6.70. The highest BCUT2D eigenvalue weighted by Gasteiger charge is 2.22. The molecule has 0 spiro atoms. The zero-order valence-corrected chi connectivity index (χ0v) is 12.0. The number of rotatable bonds is 4. The van der Waals surface area contributed by atoms with E-state index >= 15 is 0 Å². The van der Waals surface area contributed by atoms with Gasteiger partial charge in [-0.2, -0.15) is 0 Å². The van der Waals surface area contributed by atoms with Crippen molar-refractivity contribution >= 4 is 11.6 Å². The van der Waals surface area contributed by atoms with E-state index in [1.54, 1.807) is 31.1 Å². The molecule has 1 saturated heterocycles. The molecular weight excluding hydrogens is 259 g/mol. The molecule has 1 fully saturated rings. The topological polar surface area (TPSA) is 41.6 Å². The number of hydrogen-bond acceptors (Lipinski definition) is 3. The van der Waals surface area contributed by atoms with Crippen molar-refractivity contribution in [3.8, 4) is 0 Å². The van der Waals surface area contributed by atoms with Gasteiger partial charge in [-0.15, -0.1) is 0 Å². The average molecular weight is 280 g/mol. The highest BCUT2D eigenvalue weighted by atomic mass is 19.1. The first kappa shape index (κ1) is 14.8. The molecule has 1 aromatic carbocycles. The van der Waals surface area contributed by atoms with Crippen molar-refractivity contribution in [1.82, 2.24) is 4.90 Å². The third kappa shape index (κ3) is 3.28. The number of halogens is 1. The smallest absolute Gasteiger partial charge is 0.255 e. The minimum absolute atomic E-state index is 0.152. The Balaban J connectivity index is 2.08. The van der Waals surface area contributed by atoms with E-state index in [2.05, 4.69) is 5.32 Å².